The smallest absolute Gasteiger partial charge is 0.312 e. The molecule has 1 N–H and O–H groups in total. The molecule has 4 nitrogen and oxygen atoms in total. The Morgan fingerprint density at radius 2 is 2.00 bits per heavy atom. The van der Waals surface area contributed by atoms with E-state index in [9.17, 15) is 9.90 Å². The molecular weight excluding hydrogens is 324 g/mol. The molecule has 0 aromatic carbocycles. The van der Waals surface area contributed by atoms with E-state index in [4.69, 9.17) is 9.47 Å². The molecule has 3 saturated carbocycles. The molecule has 3 aliphatic rings. The van der Waals surface area contributed by atoms with E-state index in [0.29, 0.717) is 12.5 Å². The lowest BCUT2D eigenvalue weighted by Gasteiger charge is -2.43. The molecule has 0 saturated heterocycles. The Kier molecular flexibility index (Phi) is 5.25. The van der Waals surface area contributed by atoms with Gasteiger partial charge in [-0.05, 0) is 49.9 Å². The number of rotatable bonds is 5. The van der Waals surface area contributed by atoms with Crippen molar-refractivity contribution in [2.24, 2.45) is 22.7 Å². The van der Waals surface area contributed by atoms with Crippen molar-refractivity contribution in [3.63, 3.8) is 0 Å². The summed E-state index contributed by atoms with van der Waals surface area (Å²) in [6.45, 7) is 4.80. The van der Waals surface area contributed by atoms with Crippen LogP contribution in [0, 0.1) is 22.7 Å². The van der Waals surface area contributed by atoms with Crippen molar-refractivity contribution in [2.45, 2.75) is 69.8 Å². The molecule has 0 radical (unpaired) electrons. The van der Waals surface area contributed by atoms with Gasteiger partial charge in [0.2, 0.25) is 0 Å². The first-order valence-corrected chi connectivity index (χ1v) is 10.3. The molecule has 3 aliphatic carbocycles. The first-order chi connectivity index (χ1) is 11.4. The van der Waals surface area contributed by atoms with Crippen molar-refractivity contribution in [1.29, 1.82) is 0 Å². The second kappa shape index (κ2) is 6.81. The normalized spacial score (nSPS) is 43.8. The maximum atomic E-state index is 12.2. The van der Waals surface area contributed by atoms with E-state index in [0.717, 1.165) is 30.9 Å². The summed E-state index contributed by atoms with van der Waals surface area (Å²) in [4.78, 5) is 12.2. The van der Waals surface area contributed by atoms with Gasteiger partial charge < -0.3 is 14.6 Å². The van der Waals surface area contributed by atoms with Gasteiger partial charge in [0.15, 0.2) is 0 Å². The average molecular weight is 357 g/mol. The molecule has 5 heteroatoms. The zero-order valence-electron chi connectivity index (χ0n) is 15.4. The van der Waals surface area contributed by atoms with Crippen LogP contribution < -0.4 is 0 Å². The second-order valence-corrected chi connectivity index (χ2v) is 9.70. The molecule has 6 atom stereocenters. The van der Waals surface area contributed by atoms with E-state index in [2.05, 4.69) is 13.8 Å². The predicted octanol–water partition coefficient (Wildman–Crippen LogP) is 3.26. The quantitative estimate of drug-likeness (QED) is 0.766. The average Bonchev–Trinajstić information content (AvgIpc) is 2.94. The van der Waals surface area contributed by atoms with Crippen LogP contribution in [-0.2, 0) is 14.3 Å². The van der Waals surface area contributed by atoms with Crippen LogP contribution in [0.2, 0.25) is 0 Å². The number of fused-ring (bicyclic) bond motifs is 2. The first-order valence-electron chi connectivity index (χ1n) is 9.27. The summed E-state index contributed by atoms with van der Waals surface area (Å²) in [5, 5.41) is 10.5. The highest BCUT2D eigenvalue weighted by Crippen LogP contribution is 2.67. The van der Waals surface area contributed by atoms with Gasteiger partial charge in [-0.2, -0.15) is 11.8 Å². The topological polar surface area (TPSA) is 55.8 Å². The molecule has 138 valence electrons. The molecule has 0 aromatic rings. The number of aliphatic hydroxyl groups is 1. The number of thioether (sulfide) groups is 1. The number of carbonyl (C=O) groups excluding carboxylic acids is 1. The summed E-state index contributed by atoms with van der Waals surface area (Å²) in [5.74, 6) is 1.12. The Hall–Kier alpha value is -0.260. The molecule has 0 aromatic heterocycles. The summed E-state index contributed by atoms with van der Waals surface area (Å²) in [6, 6.07) is 0. The van der Waals surface area contributed by atoms with Gasteiger partial charge in [0.25, 0.3) is 0 Å². The van der Waals surface area contributed by atoms with Gasteiger partial charge in [-0.3, -0.25) is 4.79 Å². The minimum Gasteiger partial charge on any atom is -0.469 e. The van der Waals surface area contributed by atoms with Crippen molar-refractivity contribution in [1.82, 2.24) is 0 Å². The van der Waals surface area contributed by atoms with Crippen LogP contribution >= 0.6 is 11.8 Å². The molecule has 2 bridgehead atoms. The lowest BCUT2D eigenvalue weighted by atomic mass is 9.69. The second-order valence-electron chi connectivity index (χ2n) is 8.47. The minimum absolute atomic E-state index is 0.156. The van der Waals surface area contributed by atoms with Crippen LogP contribution in [0.3, 0.4) is 0 Å². The molecule has 0 amide bonds. The van der Waals surface area contributed by atoms with Gasteiger partial charge >= 0.3 is 5.97 Å². The molecular formula is C19H32O4S. The highest BCUT2D eigenvalue weighted by Gasteiger charge is 2.64. The number of ether oxygens (including phenoxy) is 2. The number of methoxy groups -OCH3 is 2. The summed E-state index contributed by atoms with van der Waals surface area (Å²) in [5.41, 5.74) is 0.481. The fourth-order valence-electron chi connectivity index (χ4n) is 5.69. The monoisotopic (exact) mass is 356 g/mol. The van der Waals surface area contributed by atoms with E-state index >= 15 is 0 Å². The summed E-state index contributed by atoms with van der Waals surface area (Å²) >= 11 is 1.88. The number of carbonyl (C=O) groups is 1. The lowest BCUT2D eigenvalue weighted by molar-refractivity contribution is -0.150. The van der Waals surface area contributed by atoms with Crippen LogP contribution in [0.25, 0.3) is 0 Å². The Labute approximate surface area is 150 Å². The number of hydrogen-bond donors (Lipinski definition) is 1. The fraction of sp³-hybridized carbons (Fsp3) is 0.947. The Morgan fingerprint density at radius 3 is 2.62 bits per heavy atom. The van der Waals surface area contributed by atoms with Crippen LogP contribution in [0.5, 0.6) is 0 Å². The van der Waals surface area contributed by atoms with E-state index < -0.39 is 6.10 Å². The molecule has 0 aliphatic heterocycles. The highest BCUT2D eigenvalue weighted by atomic mass is 32.2. The maximum Gasteiger partial charge on any atom is 0.312 e. The van der Waals surface area contributed by atoms with Gasteiger partial charge in [0.05, 0.1) is 25.2 Å². The number of esters is 1. The van der Waals surface area contributed by atoms with Crippen molar-refractivity contribution in [3.05, 3.63) is 0 Å². The standard InChI is InChI=1S/C19H32O4S/c1-18(2)12-8-9-19(18,15(10-12)22-3)11-24-14-7-5-6-13(20)16(14)17(21)23-4/h12-16,20H,5-11H2,1-4H3/t12-,13-,14-,15-,16-,19-/m1/s1. The Morgan fingerprint density at radius 1 is 1.25 bits per heavy atom. The first kappa shape index (κ1) is 18.5. The SMILES string of the molecule is COC(=O)[C@@H]1[C@H](O)CCC[C@H]1SC[C@]12CC[C@H](C[C@H]1OC)C2(C)C. The van der Waals surface area contributed by atoms with Crippen LogP contribution in [0.15, 0.2) is 0 Å². The Balaban J connectivity index is 1.74. The molecule has 24 heavy (non-hydrogen) atoms. The van der Waals surface area contributed by atoms with Gasteiger partial charge in [-0.25, -0.2) is 0 Å². The van der Waals surface area contributed by atoms with Crippen molar-refractivity contribution >= 4 is 17.7 Å². The zero-order valence-corrected chi connectivity index (χ0v) is 16.2. The van der Waals surface area contributed by atoms with Crippen molar-refractivity contribution < 1.29 is 19.4 Å². The summed E-state index contributed by atoms with van der Waals surface area (Å²) < 4.78 is 10.9. The van der Waals surface area contributed by atoms with Gasteiger partial charge in [-0.1, -0.05) is 13.8 Å². The van der Waals surface area contributed by atoms with E-state index in [-0.39, 0.29) is 28.0 Å². The van der Waals surface area contributed by atoms with Crippen molar-refractivity contribution in [2.75, 3.05) is 20.0 Å². The van der Waals surface area contributed by atoms with Crippen LogP contribution in [0.1, 0.15) is 52.4 Å². The zero-order chi connectivity index (χ0) is 17.5. The van der Waals surface area contributed by atoms with E-state index in [1.54, 1.807) is 0 Å². The number of aliphatic hydroxyl groups excluding tert-OH is 1. The third-order valence-corrected chi connectivity index (χ3v) is 9.11. The predicted molar refractivity (Wildman–Crippen MR) is 96.0 cm³/mol. The molecule has 0 spiro atoms. The van der Waals surface area contributed by atoms with Crippen LogP contribution in [0.4, 0.5) is 0 Å². The van der Waals surface area contributed by atoms with Crippen molar-refractivity contribution in [3.8, 4) is 0 Å². The molecule has 3 fully saturated rings. The molecule has 3 rings (SSSR count). The lowest BCUT2D eigenvalue weighted by Crippen LogP contribution is -2.45. The Bertz CT molecular complexity index is 480. The third kappa shape index (κ3) is 2.71. The molecule has 0 unspecified atom stereocenters. The summed E-state index contributed by atoms with van der Waals surface area (Å²) in [7, 11) is 3.27. The molecule has 0 heterocycles. The summed E-state index contributed by atoms with van der Waals surface area (Å²) in [6.07, 6.45) is 6.11. The van der Waals surface area contributed by atoms with Gasteiger partial charge in [-0.15, -0.1) is 0 Å². The van der Waals surface area contributed by atoms with Gasteiger partial charge in [0, 0.05) is 23.5 Å². The minimum atomic E-state index is -0.563. The van der Waals surface area contributed by atoms with E-state index in [1.165, 1.54) is 20.0 Å². The van der Waals surface area contributed by atoms with Crippen LogP contribution in [-0.4, -0.2) is 48.5 Å². The largest absolute Gasteiger partial charge is 0.469 e. The van der Waals surface area contributed by atoms with E-state index in [1.807, 2.05) is 18.9 Å². The maximum absolute atomic E-state index is 12.2. The fourth-order valence-corrected chi connectivity index (χ4v) is 7.74. The van der Waals surface area contributed by atoms with Gasteiger partial charge in [0.1, 0.15) is 0 Å². The third-order valence-electron chi connectivity index (χ3n) is 7.47. The highest BCUT2D eigenvalue weighted by molar-refractivity contribution is 8.00. The number of hydrogen-bond acceptors (Lipinski definition) is 5.